The first kappa shape index (κ1) is 48.0. The highest BCUT2D eigenvalue weighted by Crippen LogP contribution is 2.53. The lowest BCUT2D eigenvalue weighted by molar-refractivity contribution is 0.293. The zero-order valence-corrected chi connectivity index (χ0v) is 39.3. The molecule has 0 unspecified atom stereocenters. The van der Waals surface area contributed by atoms with Crippen molar-refractivity contribution in [1.29, 1.82) is 0 Å². The van der Waals surface area contributed by atoms with E-state index >= 15 is 4.57 Å². The van der Waals surface area contributed by atoms with Crippen LogP contribution in [0.15, 0.2) is 84.9 Å². The third-order valence-corrected chi connectivity index (χ3v) is 13.0. The molecule has 0 aromatic heterocycles. The summed E-state index contributed by atoms with van der Waals surface area (Å²) < 4.78 is 35.2. The molecule has 324 valence electrons. The Morgan fingerprint density at radius 3 is 1.32 bits per heavy atom. The normalized spacial score (nSPS) is 12.4. The predicted octanol–water partition coefficient (Wildman–Crippen LogP) is 16.5. The van der Waals surface area contributed by atoms with Crippen LogP contribution in [0.3, 0.4) is 0 Å². The molecule has 0 aliphatic rings. The Kier molecular flexibility index (Phi) is 18.1. The maximum Gasteiger partial charge on any atom is 0.647 e. The third kappa shape index (κ3) is 14.5. The summed E-state index contributed by atoms with van der Waals surface area (Å²) in [6.07, 6.45) is 18.6. The van der Waals surface area contributed by atoms with Crippen LogP contribution in [-0.2, 0) is 33.7 Å². The van der Waals surface area contributed by atoms with Gasteiger partial charge < -0.3 is 18.7 Å². The summed E-state index contributed by atoms with van der Waals surface area (Å²) in [5, 5.41) is 10.8. The largest absolute Gasteiger partial charge is 0.647 e. The summed E-state index contributed by atoms with van der Waals surface area (Å²) in [6.45, 7) is 21.7. The molecule has 59 heavy (non-hydrogen) atoms. The van der Waals surface area contributed by atoms with Gasteiger partial charge in [-0.2, -0.15) is 4.57 Å². The van der Waals surface area contributed by atoms with Crippen LogP contribution in [0.5, 0.6) is 23.0 Å². The summed E-state index contributed by atoms with van der Waals surface area (Å²) in [5.74, 6) is 1.84. The lowest BCUT2D eigenvalue weighted by Gasteiger charge is -2.32. The summed E-state index contributed by atoms with van der Waals surface area (Å²) in [5.41, 5.74) is 4.99. The fourth-order valence-corrected chi connectivity index (χ4v) is 9.19. The maximum atomic E-state index is 15.4. The molecule has 0 atom stereocenters. The van der Waals surface area contributed by atoms with Crippen LogP contribution >= 0.6 is 7.82 Å². The van der Waals surface area contributed by atoms with E-state index in [1.54, 1.807) is 0 Å². The third-order valence-electron chi connectivity index (χ3n) is 11.7. The monoisotopic (exact) mass is 825 g/mol. The zero-order chi connectivity index (χ0) is 43.1. The van der Waals surface area contributed by atoms with E-state index in [0.29, 0.717) is 23.0 Å². The van der Waals surface area contributed by atoms with Gasteiger partial charge in [0.1, 0.15) is 23.0 Å². The van der Waals surface area contributed by atoms with E-state index in [2.05, 4.69) is 99.6 Å². The Morgan fingerprint density at radius 1 is 0.475 bits per heavy atom. The minimum absolute atomic E-state index is 0.217. The van der Waals surface area contributed by atoms with Crippen LogP contribution in [0.2, 0.25) is 0 Å². The molecular weight excluding hydrogens is 748 g/mol. The van der Waals surface area contributed by atoms with Crippen molar-refractivity contribution in [3.63, 3.8) is 0 Å². The molecule has 0 saturated heterocycles. The second kappa shape index (κ2) is 22.2. The number of hydrogen-bond acceptors (Lipinski definition) is 5. The van der Waals surface area contributed by atoms with Gasteiger partial charge in [-0.3, -0.25) is 0 Å². The van der Waals surface area contributed by atoms with Crippen molar-refractivity contribution >= 4 is 7.82 Å². The number of aryl methyl sites for hydroxylation is 2. The molecule has 0 spiro atoms. The fourth-order valence-electron chi connectivity index (χ4n) is 7.84. The predicted molar refractivity (Wildman–Crippen MR) is 250 cm³/mol. The van der Waals surface area contributed by atoms with Crippen LogP contribution in [0.4, 0.5) is 0 Å². The second-order valence-electron chi connectivity index (χ2n) is 19.2. The fraction of sp³-hybridized carbons (Fsp3) is 0.547. The van der Waals surface area contributed by atoms with E-state index in [1.807, 2.05) is 54.6 Å². The molecule has 4 aromatic carbocycles. The molecule has 1 N–H and O–H groups in total. The summed E-state index contributed by atoms with van der Waals surface area (Å²) in [4.78, 5) is 0. The van der Waals surface area contributed by atoms with E-state index in [9.17, 15) is 5.11 Å². The Bertz CT molecular complexity index is 1860. The molecule has 0 fully saturated rings. The number of phosphoric ester groups is 1. The minimum Gasteiger partial charge on any atom is -0.508 e. The van der Waals surface area contributed by atoms with Crippen LogP contribution in [0, 0.1) is 0 Å². The average molecular weight is 825 g/mol. The lowest BCUT2D eigenvalue weighted by Crippen LogP contribution is -2.23. The molecule has 5 nitrogen and oxygen atoms in total. The molecule has 0 bridgehead atoms. The number of rotatable bonds is 24. The Hall–Kier alpha value is -3.69. The van der Waals surface area contributed by atoms with Crippen LogP contribution < -0.4 is 13.6 Å². The van der Waals surface area contributed by atoms with Gasteiger partial charge in [-0.15, -0.1) is 0 Å². The van der Waals surface area contributed by atoms with Gasteiger partial charge in [-0.25, -0.2) is 0 Å². The number of benzene rings is 4. The van der Waals surface area contributed by atoms with Crippen LogP contribution in [-0.4, -0.2) is 5.11 Å². The van der Waals surface area contributed by atoms with Gasteiger partial charge >= 0.3 is 7.82 Å². The van der Waals surface area contributed by atoms with Gasteiger partial charge in [0.15, 0.2) is 0 Å². The van der Waals surface area contributed by atoms with E-state index in [-0.39, 0.29) is 10.8 Å². The highest BCUT2D eigenvalue weighted by atomic mass is 31.2. The number of phosphoric acid groups is 1. The number of para-hydroxylation sites is 2. The van der Waals surface area contributed by atoms with Gasteiger partial charge in [-0.05, 0) is 88.6 Å². The van der Waals surface area contributed by atoms with Crippen molar-refractivity contribution in [1.82, 2.24) is 0 Å². The Balaban J connectivity index is 1.70. The first-order valence-electron chi connectivity index (χ1n) is 22.8. The smallest absolute Gasteiger partial charge is 0.508 e. The quantitative estimate of drug-likeness (QED) is 0.0563. The van der Waals surface area contributed by atoms with Crippen molar-refractivity contribution in [3.8, 4) is 23.0 Å². The molecule has 0 aliphatic carbocycles. The lowest BCUT2D eigenvalue weighted by atomic mass is 9.73. The standard InChI is InChI=1S/C53H77O5P/c1-11-13-15-17-19-21-23-29-41-31-25-27-33-48(41)56-59(55,57-49-34-28-26-32-42(49)30-24-22-20-18-16-14-12-2)58-50-38-36-44(40-46(50)52(6,7)8)53(9,10)43-35-37-47(54)45(39-43)51(3,4)5/h25-28,31-40,54H,11-24,29-30H2,1-10H3. The first-order valence-corrected chi connectivity index (χ1v) is 24.3. The number of phenols is 1. The van der Waals surface area contributed by atoms with Crippen LogP contribution in [0.1, 0.15) is 193 Å². The van der Waals surface area contributed by atoms with Crippen molar-refractivity contribution in [2.24, 2.45) is 0 Å². The highest BCUT2D eigenvalue weighted by molar-refractivity contribution is 7.49. The van der Waals surface area contributed by atoms with E-state index in [4.69, 9.17) is 13.6 Å². The molecule has 0 aliphatic heterocycles. The SMILES string of the molecule is CCCCCCCCCc1ccccc1OP(=O)(Oc1ccccc1CCCCCCCCC)Oc1ccc(C(C)(C)c2ccc(O)c(C(C)(C)C)c2)cc1C(C)(C)C. The summed E-state index contributed by atoms with van der Waals surface area (Å²) in [7, 11) is -4.32. The van der Waals surface area contributed by atoms with E-state index in [1.165, 1.54) is 64.2 Å². The molecule has 0 saturated carbocycles. The highest BCUT2D eigenvalue weighted by Gasteiger charge is 2.37. The number of hydrogen-bond donors (Lipinski definition) is 1. The molecule has 4 rings (SSSR count). The average Bonchev–Trinajstić information content (AvgIpc) is 3.17. The summed E-state index contributed by atoms with van der Waals surface area (Å²) >= 11 is 0. The Morgan fingerprint density at radius 2 is 0.864 bits per heavy atom. The molecular formula is C53H77O5P. The van der Waals surface area contributed by atoms with Gasteiger partial charge in [0.05, 0.1) is 0 Å². The van der Waals surface area contributed by atoms with Crippen molar-refractivity contribution in [2.45, 2.75) is 188 Å². The van der Waals surface area contributed by atoms with Crippen molar-refractivity contribution < 1.29 is 23.2 Å². The number of phenolic OH excluding ortho intramolecular Hbond substituents is 1. The zero-order valence-electron chi connectivity index (χ0n) is 38.4. The van der Waals surface area contributed by atoms with Gasteiger partial charge in [0, 0.05) is 11.0 Å². The minimum atomic E-state index is -4.32. The Labute approximate surface area is 359 Å². The number of aromatic hydroxyl groups is 1. The number of unbranched alkanes of at least 4 members (excludes halogenated alkanes) is 12. The second-order valence-corrected chi connectivity index (χ2v) is 20.7. The molecule has 0 amide bonds. The maximum absolute atomic E-state index is 15.4. The molecule has 0 radical (unpaired) electrons. The summed E-state index contributed by atoms with van der Waals surface area (Å²) in [6, 6.07) is 27.9. The van der Waals surface area contributed by atoms with Crippen LogP contribution in [0.25, 0.3) is 0 Å². The molecule has 4 aromatic rings. The van der Waals surface area contributed by atoms with Gasteiger partial charge in [0.2, 0.25) is 0 Å². The van der Waals surface area contributed by atoms with Crippen molar-refractivity contribution in [2.75, 3.05) is 0 Å². The van der Waals surface area contributed by atoms with E-state index in [0.717, 1.165) is 71.9 Å². The van der Waals surface area contributed by atoms with Crippen molar-refractivity contribution in [3.05, 3.63) is 118 Å². The first-order chi connectivity index (χ1) is 28.0. The molecule has 0 heterocycles. The van der Waals surface area contributed by atoms with Gasteiger partial charge in [-0.1, -0.05) is 207 Å². The topological polar surface area (TPSA) is 65.0 Å². The van der Waals surface area contributed by atoms with E-state index < -0.39 is 13.2 Å². The van der Waals surface area contributed by atoms with Gasteiger partial charge in [0.25, 0.3) is 0 Å². The molecule has 6 heteroatoms.